The highest BCUT2D eigenvalue weighted by molar-refractivity contribution is 7.89. The quantitative estimate of drug-likeness (QED) is 0.527. The summed E-state index contributed by atoms with van der Waals surface area (Å²) in [6.45, 7) is 1.68. The number of nitriles is 1. The second-order valence-electron chi connectivity index (χ2n) is 8.41. The largest absolute Gasteiger partial charge is 0.495 e. The Hall–Kier alpha value is -4.27. The Labute approximate surface area is 214 Å². The first-order valence-electron chi connectivity index (χ1n) is 11.5. The molecule has 1 amide bonds. The molecule has 1 fully saturated rings. The van der Waals surface area contributed by atoms with Crippen molar-refractivity contribution in [2.24, 2.45) is 0 Å². The van der Waals surface area contributed by atoms with Crippen LogP contribution >= 0.6 is 0 Å². The zero-order chi connectivity index (χ0) is 26.0. The van der Waals surface area contributed by atoms with Crippen LogP contribution in [0.3, 0.4) is 0 Å². The van der Waals surface area contributed by atoms with Gasteiger partial charge in [-0.05, 0) is 30.3 Å². The monoisotopic (exact) mass is 520 g/mol. The highest BCUT2D eigenvalue weighted by Crippen LogP contribution is 2.37. The van der Waals surface area contributed by atoms with E-state index in [0.29, 0.717) is 37.7 Å². The predicted molar refractivity (Wildman–Crippen MR) is 136 cm³/mol. The number of amides is 1. The van der Waals surface area contributed by atoms with Crippen LogP contribution < -0.4 is 24.4 Å². The van der Waals surface area contributed by atoms with Crippen molar-refractivity contribution in [2.75, 3.05) is 50.3 Å². The number of anilines is 2. The smallest absolute Gasteiger partial charge is 0.255 e. The van der Waals surface area contributed by atoms with Crippen LogP contribution in [0, 0.1) is 11.3 Å². The zero-order valence-electron chi connectivity index (χ0n) is 20.0. The fourth-order valence-electron chi connectivity index (χ4n) is 4.32. The van der Waals surface area contributed by atoms with Crippen molar-refractivity contribution >= 4 is 27.3 Å². The number of ether oxygens (including phenoxy) is 3. The molecule has 0 radical (unpaired) electrons. The van der Waals surface area contributed by atoms with Gasteiger partial charge in [-0.2, -0.15) is 9.57 Å². The van der Waals surface area contributed by atoms with E-state index in [0.717, 1.165) is 5.69 Å². The lowest BCUT2D eigenvalue weighted by Crippen LogP contribution is -2.48. The molecule has 1 saturated heterocycles. The molecule has 0 saturated carbocycles. The first-order chi connectivity index (χ1) is 17.9. The minimum absolute atomic E-state index is 0.0247. The molecule has 190 valence electrons. The molecule has 0 unspecified atom stereocenters. The normalized spacial score (nSPS) is 15.2. The Kier molecular flexibility index (Phi) is 6.60. The maximum atomic E-state index is 13.6. The van der Waals surface area contributed by atoms with E-state index >= 15 is 0 Å². The maximum Gasteiger partial charge on any atom is 0.255 e. The average Bonchev–Trinajstić information content (AvgIpc) is 3.40. The number of methoxy groups -OCH3 is 1. The maximum absolute atomic E-state index is 13.6. The van der Waals surface area contributed by atoms with E-state index in [1.165, 1.54) is 41.7 Å². The molecular formula is C26H24N4O6S. The number of nitrogens with one attached hydrogen (secondary N) is 1. The zero-order valence-corrected chi connectivity index (χ0v) is 20.8. The van der Waals surface area contributed by atoms with Gasteiger partial charge in [-0.15, -0.1) is 0 Å². The number of nitrogens with zero attached hydrogens (tertiary/aromatic N) is 3. The summed E-state index contributed by atoms with van der Waals surface area (Å²) in [5.74, 6) is 0.382. The van der Waals surface area contributed by atoms with Gasteiger partial charge in [0.05, 0.1) is 18.4 Å². The molecule has 5 rings (SSSR count). The second-order valence-corrected chi connectivity index (χ2v) is 10.3. The number of sulfonamides is 1. The Bertz CT molecular complexity index is 1480. The summed E-state index contributed by atoms with van der Waals surface area (Å²) < 4.78 is 44.5. The van der Waals surface area contributed by atoms with Crippen molar-refractivity contribution in [3.8, 4) is 23.3 Å². The number of hydrogen-bond donors (Lipinski definition) is 1. The van der Waals surface area contributed by atoms with Crippen LogP contribution in [0.15, 0.2) is 65.6 Å². The molecule has 2 aliphatic heterocycles. The van der Waals surface area contributed by atoms with E-state index in [1.807, 2.05) is 36.4 Å². The summed E-state index contributed by atoms with van der Waals surface area (Å²) in [6.07, 6.45) is 0. The van der Waals surface area contributed by atoms with Gasteiger partial charge < -0.3 is 24.4 Å². The van der Waals surface area contributed by atoms with Crippen molar-refractivity contribution in [1.29, 1.82) is 5.26 Å². The third-order valence-electron chi connectivity index (χ3n) is 6.29. The van der Waals surface area contributed by atoms with Gasteiger partial charge in [0, 0.05) is 49.6 Å². The number of rotatable bonds is 6. The van der Waals surface area contributed by atoms with E-state index < -0.39 is 15.9 Å². The Morgan fingerprint density at radius 3 is 2.38 bits per heavy atom. The van der Waals surface area contributed by atoms with Gasteiger partial charge in [-0.3, -0.25) is 4.79 Å². The van der Waals surface area contributed by atoms with Gasteiger partial charge in [0.25, 0.3) is 5.91 Å². The predicted octanol–water partition coefficient (Wildman–Crippen LogP) is 3.06. The second kappa shape index (κ2) is 10.0. The number of para-hydroxylation sites is 1. The molecule has 0 spiro atoms. The molecule has 0 aliphatic carbocycles. The average molecular weight is 521 g/mol. The van der Waals surface area contributed by atoms with Crippen molar-refractivity contribution in [3.63, 3.8) is 0 Å². The highest BCUT2D eigenvalue weighted by atomic mass is 32.2. The Balaban J connectivity index is 1.38. The van der Waals surface area contributed by atoms with E-state index in [1.54, 1.807) is 0 Å². The number of fused-ring (bicyclic) bond motifs is 1. The minimum atomic E-state index is -3.95. The molecule has 11 heteroatoms. The molecule has 2 aliphatic rings. The minimum Gasteiger partial charge on any atom is -0.495 e. The summed E-state index contributed by atoms with van der Waals surface area (Å²) in [6, 6.07) is 19.0. The molecule has 0 bridgehead atoms. The standard InChI is InChI=1S/C26H24N4O6S/c1-34-22-8-7-18(26(31)28-21-15-24-23(35-17-36-24)13-19(21)16-27)14-25(22)37(32,33)30-11-9-29(10-12-30)20-5-3-2-4-6-20/h2-8,13-15H,9-12,17H2,1H3,(H,28,31). The summed E-state index contributed by atoms with van der Waals surface area (Å²) >= 11 is 0. The number of benzene rings is 3. The van der Waals surface area contributed by atoms with Gasteiger partial charge in [-0.1, -0.05) is 18.2 Å². The van der Waals surface area contributed by atoms with E-state index in [-0.39, 0.29) is 34.3 Å². The van der Waals surface area contributed by atoms with Crippen LogP contribution in [0.25, 0.3) is 0 Å². The lowest BCUT2D eigenvalue weighted by atomic mass is 10.1. The SMILES string of the molecule is COc1ccc(C(=O)Nc2cc3c(cc2C#N)OCO3)cc1S(=O)(=O)N1CCN(c2ccccc2)CC1. The van der Waals surface area contributed by atoms with Gasteiger partial charge in [0.15, 0.2) is 11.5 Å². The van der Waals surface area contributed by atoms with Gasteiger partial charge >= 0.3 is 0 Å². The van der Waals surface area contributed by atoms with Gasteiger partial charge in [-0.25, -0.2) is 8.42 Å². The van der Waals surface area contributed by atoms with Gasteiger partial charge in [0.1, 0.15) is 16.7 Å². The van der Waals surface area contributed by atoms with Crippen LogP contribution in [0.5, 0.6) is 17.2 Å². The molecule has 3 aromatic rings. The summed E-state index contributed by atoms with van der Waals surface area (Å²) in [5, 5.41) is 12.2. The number of piperazine rings is 1. The van der Waals surface area contributed by atoms with Crippen LogP contribution in [0.2, 0.25) is 0 Å². The van der Waals surface area contributed by atoms with Crippen LogP contribution in [0.1, 0.15) is 15.9 Å². The molecule has 10 nitrogen and oxygen atoms in total. The topological polar surface area (TPSA) is 121 Å². The van der Waals surface area contributed by atoms with Crippen LogP contribution in [0.4, 0.5) is 11.4 Å². The highest BCUT2D eigenvalue weighted by Gasteiger charge is 2.32. The van der Waals surface area contributed by atoms with Crippen molar-refractivity contribution in [2.45, 2.75) is 4.90 Å². The molecule has 37 heavy (non-hydrogen) atoms. The molecule has 0 atom stereocenters. The number of carbonyl (C=O) groups is 1. The van der Waals surface area contributed by atoms with Crippen molar-refractivity contribution < 1.29 is 27.4 Å². The molecule has 2 heterocycles. The number of hydrogen-bond acceptors (Lipinski definition) is 8. The molecule has 0 aromatic heterocycles. The lowest BCUT2D eigenvalue weighted by molar-refractivity contribution is 0.102. The number of carbonyl (C=O) groups excluding carboxylic acids is 1. The Morgan fingerprint density at radius 2 is 1.70 bits per heavy atom. The van der Waals surface area contributed by atoms with Crippen molar-refractivity contribution in [1.82, 2.24) is 4.31 Å². The third-order valence-corrected chi connectivity index (χ3v) is 8.20. The van der Waals surface area contributed by atoms with E-state index in [4.69, 9.17) is 14.2 Å². The van der Waals surface area contributed by atoms with Crippen LogP contribution in [-0.4, -0.2) is 58.7 Å². The summed E-state index contributed by atoms with van der Waals surface area (Å²) in [4.78, 5) is 15.1. The lowest BCUT2D eigenvalue weighted by Gasteiger charge is -2.35. The summed E-state index contributed by atoms with van der Waals surface area (Å²) in [7, 11) is -2.57. The summed E-state index contributed by atoms with van der Waals surface area (Å²) in [5.41, 5.74) is 1.56. The fraction of sp³-hybridized carbons (Fsp3) is 0.231. The third kappa shape index (κ3) is 4.76. The van der Waals surface area contributed by atoms with Gasteiger partial charge in [0.2, 0.25) is 16.8 Å². The van der Waals surface area contributed by atoms with E-state index in [2.05, 4.69) is 10.2 Å². The van der Waals surface area contributed by atoms with Crippen molar-refractivity contribution in [3.05, 3.63) is 71.8 Å². The fourth-order valence-corrected chi connectivity index (χ4v) is 5.92. The molecule has 1 N–H and O–H groups in total. The molecule has 3 aromatic carbocycles. The van der Waals surface area contributed by atoms with E-state index in [9.17, 15) is 18.5 Å². The Morgan fingerprint density at radius 1 is 1.00 bits per heavy atom. The molecular weight excluding hydrogens is 496 g/mol. The first kappa shape index (κ1) is 24.4. The van der Waals surface area contributed by atoms with Crippen LogP contribution in [-0.2, 0) is 10.0 Å². The first-order valence-corrected chi connectivity index (χ1v) is 13.0.